The number of aromatic nitrogens is 2. The molecule has 2 amide bonds. The van der Waals surface area contributed by atoms with Crippen molar-refractivity contribution in [2.24, 2.45) is 5.92 Å². The number of carbonyl (C=O) groups excluding carboxylic acids is 2. The van der Waals surface area contributed by atoms with Gasteiger partial charge in [0.25, 0.3) is 11.8 Å². The Morgan fingerprint density at radius 1 is 1.23 bits per heavy atom. The van der Waals surface area contributed by atoms with E-state index in [-0.39, 0.29) is 36.2 Å². The minimum Gasteiger partial charge on any atom is -0.415 e. The fourth-order valence-electron chi connectivity index (χ4n) is 4.54. The Labute approximate surface area is 176 Å². The summed E-state index contributed by atoms with van der Waals surface area (Å²) in [5.74, 6) is -1.87. The molecule has 1 aromatic carbocycles. The molecule has 0 spiro atoms. The van der Waals surface area contributed by atoms with E-state index in [0.29, 0.717) is 17.7 Å². The van der Waals surface area contributed by atoms with Gasteiger partial charge in [0, 0.05) is 23.7 Å². The Balaban J connectivity index is 1.35. The minimum absolute atomic E-state index is 0.0719. The molecule has 5 rings (SSSR count). The molecular weight excluding hydrogens is 413 g/mol. The third-order valence-corrected chi connectivity index (χ3v) is 6.32. The van der Waals surface area contributed by atoms with Crippen LogP contribution >= 0.6 is 0 Å². The van der Waals surface area contributed by atoms with E-state index >= 15 is 0 Å². The van der Waals surface area contributed by atoms with E-state index in [1.807, 2.05) is 0 Å². The summed E-state index contributed by atoms with van der Waals surface area (Å²) in [6.07, 6.45) is -0.289. The van der Waals surface area contributed by atoms with Crippen molar-refractivity contribution in [3.8, 4) is 11.5 Å². The van der Waals surface area contributed by atoms with Crippen molar-refractivity contribution in [2.45, 2.75) is 63.3 Å². The Morgan fingerprint density at radius 3 is 2.71 bits per heavy atom. The van der Waals surface area contributed by atoms with Crippen molar-refractivity contribution >= 4 is 11.8 Å². The summed E-state index contributed by atoms with van der Waals surface area (Å²) in [6, 6.07) is 4.60. The number of halogens is 3. The lowest BCUT2D eigenvalue weighted by Crippen LogP contribution is -2.53. The molecule has 2 saturated carbocycles. The molecule has 1 aromatic heterocycles. The van der Waals surface area contributed by atoms with E-state index in [2.05, 4.69) is 15.5 Å². The van der Waals surface area contributed by atoms with Crippen LogP contribution in [0.25, 0.3) is 11.5 Å². The zero-order valence-electron chi connectivity index (χ0n) is 16.6. The largest absolute Gasteiger partial charge is 0.415 e. The smallest absolute Gasteiger partial charge is 0.314 e. The number of hydrogen-bond donors (Lipinski definition) is 1. The zero-order valence-corrected chi connectivity index (χ0v) is 16.6. The van der Waals surface area contributed by atoms with E-state index in [4.69, 9.17) is 4.42 Å². The number of amides is 2. The molecular formula is C21H21F3N4O3. The molecule has 1 aliphatic heterocycles. The third-order valence-electron chi connectivity index (χ3n) is 6.32. The standard InChI is InChI=1S/C21H21F3N4O3/c22-14-8-13(14)18(29)25-15-3-1-2-4-16(15)28-9-11-6-5-10(7-12(11)21(28)30)19-26-27-20(31-19)17(23)24/h5-7,13-17H,1-4,8-9H2,(H,25,29)/t13?,14?,15-,16-/m1/s1. The number of nitrogens with one attached hydrogen (secondary N) is 1. The second-order valence-electron chi connectivity index (χ2n) is 8.38. The van der Waals surface area contributed by atoms with Crippen LogP contribution in [0.15, 0.2) is 22.6 Å². The van der Waals surface area contributed by atoms with Gasteiger partial charge in [-0.2, -0.15) is 8.78 Å². The predicted molar refractivity (Wildman–Crippen MR) is 102 cm³/mol. The molecule has 10 heteroatoms. The summed E-state index contributed by atoms with van der Waals surface area (Å²) in [5, 5.41) is 9.93. The van der Waals surface area contributed by atoms with Gasteiger partial charge in [0.15, 0.2) is 0 Å². The number of carbonyl (C=O) groups is 2. The van der Waals surface area contributed by atoms with Crippen LogP contribution in [-0.4, -0.2) is 45.2 Å². The lowest BCUT2D eigenvalue weighted by Gasteiger charge is -2.38. The van der Waals surface area contributed by atoms with Crippen LogP contribution in [0.5, 0.6) is 0 Å². The normalized spacial score (nSPS) is 27.5. The number of nitrogens with zero attached hydrogens (tertiary/aromatic N) is 3. The summed E-state index contributed by atoms with van der Waals surface area (Å²) in [6.45, 7) is 0.396. The van der Waals surface area contributed by atoms with Crippen LogP contribution in [0.3, 0.4) is 0 Å². The number of benzene rings is 1. The van der Waals surface area contributed by atoms with Crippen molar-refractivity contribution < 1.29 is 27.2 Å². The SMILES string of the molecule is O=C(N[C@@H]1CCCC[C@H]1N1Cc2ccc(-c3nnc(C(F)F)o3)cc2C1=O)C1CC1F. The van der Waals surface area contributed by atoms with Gasteiger partial charge in [-0.1, -0.05) is 18.9 Å². The molecule has 4 atom stereocenters. The number of alkyl halides is 3. The lowest BCUT2D eigenvalue weighted by molar-refractivity contribution is -0.124. The van der Waals surface area contributed by atoms with Gasteiger partial charge in [-0.15, -0.1) is 10.2 Å². The quantitative estimate of drug-likeness (QED) is 0.779. The van der Waals surface area contributed by atoms with E-state index in [1.54, 1.807) is 23.1 Å². The van der Waals surface area contributed by atoms with E-state index in [0.717, 1.165) is 31.2 Å². The van der Waals surface area contributed by atoms with Crippen LogP contribution in [0.1, 0.15) is 60.3 Å². The fraction of sp³-hybridized carbons (Fsp3) is 0.524. The molecule has 2 aliphatic carbocycles. The summed E-state index contributed by atoms with van der Waals surface area (Å²) >= 11 is 0. The molecule has 3 aliphatic rings. The van der Waals surface area contributed by atoms with Gasteiger partial charge >= 0.3 is 6.43 Å². The average molecular weight is 434 g/mol. The van der Waals surface area contributed by atoms with Crippen LogP contribution in [-0.2, 0) is 11.3 Å². The van der Waals surface area contributed by atoms with Crippen molar-refractivity contribution in [3.63, 3.8) is 0 Å². The molecule has 0 bridgehead atoms. The average Bonchev–Trinajstić information content (AvgIpc) is 3.16. The second-order valence-corrected chi connectivity index (χ2v) is 8.38. The van der Waals surface area contributed by atoms with Crippen molar-refractivity contribution in [1.82, 2.24) is 20.4 Å². The summed E-state index contributed by atoms with van der Waals surface area (Å²) in [4.78, 5) is 27.2. The first-order chi connectivity index (χ1) is 14.9. The topological polar surface area (TPSA) is 88.3 Å². The first kappa shape index (κ1) is 20.0. The molecule has 2 heterocycles. The highest BCUT2D eigenvalue weighted by Gasteiger charge is 2.46. The highest BCUT2D eigenvalue weighted by Crippen LogP contribution is 2.36. The van der Waals surface area contributed by atoms with Gasteiger partial charge in [-0.05, 0) is 37.0 Å². The van der Waals surface area contributed by atoms with E-state index in [9.17, 15) is 22.8 Å². The van der Waals surface area contributed by atoms with Gasteiger partial charge in [-0.25, -0.2) is 4.39 Å². The monoisotopic (exact) mass is 434 g/mol. The molecule has 7 nitrogen and oxygen atoms in total. The Bertz CT molecular complexity index is 1030. The third kappa shape index (κ3) is 3.68. The highest BCUT2D eigenvalue weighted by molar-refractivity contribution is 5.99. The lowest BCUT2D eigenvalue weighted by atomic mass is 9.89. The number of fused-ring (bicyclic) bond motifs is 1. The summed E-state index contributed by atoms with van der Waals surface area (Å²) < 4.78 is 43.7. The predicted octanol–water partition coefficient (Wildman–Crippen LogP) is 3.42. The molecule has 31 heavy (non-hydrogen) atoms. The van der Waals surface area contributed by atoms with Crippen LogP contribution in [0.2, 0.25) is 0 Å². The van der Waals surface area contributed by atoms with Gasteiger partial charge in [0.05, 0.1) is 12.0 Å². The number of hydrogen-bond acceptors (Lipinski definition) is 5. The molecule has 2 fully saturated rings. The first-order valence-corrected chi connectivity index (χ1v) is 10.4. The maximum atomic E-state index is 13.3. The van der Waals surface area contributed by atoms with E-state index in [1.165, 1.54) is 0 Å². The summed E-state index contributed by atoms with van der Waals surface area (Å²) in [5.41, 5.74) is 1.66. The molecule has 2 aromatic rings. The van der Waals surface area contributed by atoms with E-state index < -0.39 is 24.4 Å². The molecule has 164 valence electrons. The fourth-order valence-corrected chi connectivity index (χ4v) is 4.54. The minimum atomic E-state index is -2.87. The van der Waals surface area contributed by atoms with Crippen LogP contribution in [0, 0.1) is 5.92 Å². The Kier molecular flexibility index (Phi) is 4.94. The Hall–Kier alpha value is -2.91. The first-order valence-electron chi connectivity index (χ1n) is 10.4. The maximum absolute atomic E-state index is 13.3. The molecule has 1 N–H and O–H groups in total. The molecule has 0 radical (unpaired) electrons. The van der Waals surface area contributed by atoms with Crippen LogP contribution in [0.4, 0.5) is 13.2 Å². The second kappa shape index (κ2) is 7.65. The molecule has 2 unspecified atom stereocenters. The highest BCUT2D eigenvalue weighted by atomic mass is 19.3. The van der Waals surface area contributed by atoms with Crippen LogP contribution < -0.4 is 5.32 Å². The van der Waals surface area contributed by atoms with Gasteiger partial charge < -0.3 is 14.6 Å². The zero-order chi connectivity index (χ0) is 21.7. The Morgan fingerprint density at radius 2 is 2.00 bits per heavy atom. The van der Waals surface area contributed by atoms with Crippen molar-refractivity contribution in [2.75, 3.05) is 0 Å². The number of rotatable bonds is 5. The van der Waals surface area contributed by atoms with Crippen molar-refractivity contribution in [3.05, 3.63) is 35.2 Å². The van der Waals surface area contributed by atoms with Gasteiger partial charge in [0.1, 0.15) is 6.17 Å². The van der Waals surface area contributed by atoms with Gasteiger partial charge in [-0.3, -0.25) is 9.59 Å². The van der Waals surface area contributed by atoms with Crippen molar-refractivity contribution in [1.29, 1.82) is 0 Å². The summed E-state index contributed by atoms with van der Waals surface area (Å²) in [7, 11) is 0. The van der Waals surface area contributed by atoms with Gasteiger partial charge in [0.2, 0.25) is 11.8 Å². The maximum Gasteiger partial charge on any atom is 0.314 e. The molecule has 0 saturated heterocycles.